The Labute approximate surface area is 102 Å². The summed E-state index contributed by atoms with van der Waals surface area (Å²) >= 11 is 0. The predicted molar refractivity (Wildman–Crippen MR) is 71.1 cm³/mol. The van der Waals surface area contributed by atoms with Crippen molar-refractivity contribution >= 4 is 5.69 Å². The Balaban J connectivity index is 2.04. The molecule has 0 atom stereocenters. The van der Waals surface area contributed by atoms with Crippen LogP contribution in [0.1, 0.15) is 26.3 Å². The number of nitrogens with zero attached hydrogens (tertiary/aromatic N) is 2. The van der Waals surface area contributed by atoms with Crippen LogP contribution < -0.4 is 5.32 Å². The van der Waals surface area contributed by atoms with E-state index < -0.39 is 0 Å². The first kappa shape index (κ1) is 11.7. The number of hydrogen-bond donors (Lipinski definition) is 1. The Kier molecular flexibility index (Phi) is 3.18. The normalized spacial score (nSPS) is 11.5. The molecule has 2 rings (SSSR count). The van der Waals surface area contributed by atoms with E-state index in [4.69, 9.17) is 0 Å². The summed E-state index contributed by atoms with van der Waals surface area (Å²) in [5, 5.41) is 7.75. The number of hydrogen-bond acceptors (Lipinski definition) is 2. The van der Waals surface area contributed by atoms with E-state index in [1.807, 2.05) is 35.3 Å². The fourth-order valence-corrected chi connectivity index (χ4v) is 1.72. The van der Waals surface area contributed by atoms with Crippen molar-refractivity contribution in [2.75, 3.05) is 5.32 Å². The van der Waals surface area contributed by atoms with Crippen LogP contribution in [0, 0.1) is 0 Å². The summed E-state index contributed by atoms with van der Waals surface area (Å²) in [5.74, 6) is 0. The minimum Gasteiger partial charge on any atom is -0.378 e. The molecule has 0 aliphatic rings. The zero-order valence-electron chi connectivity index (χ0n) is 10.6. The van der Waals surface area contributed by atoms with Crippen LogP contribution in [0.5, 0.6) is 0 Å². The van der Waals surface area contributed by atoms with Gasteiger partial charge in [0.05, 0.1) is 18.4 Å². The molecule has 0 aliphatic heterocycles. The van der Waals surface area contributed by atoms with Crippen LogP contribution in [0.15, 0.2) is 42.7 Å². The van der Waals surface area contributed by atoms with E-state index in [2.05, 4.69) is 43.3 Å². The Morgan fingerprint density at radius 3 is 2.53 bits per heavy atom. The molecule has 90 valence electrons. The minimum atomic E-state index is 0.0700. The van der Waals surface area contributed by atoms with Gasteiger partial charge >= 0.3 is 0 Å². The van der Waals surface area contributed by atoms with Gasteiger partial charge in [0.25, 0.3) is 0 Å². The van der Waals surface area contributed by atoms with E-state index >= 15 is 0 Å². The second-order valence-corrected chi connectivity index (χ2v) is 5.29. The molecule has 2 aromatic rings. The Morgan fingerprint density at radius 1 is 1.18 bits per heavy atom. The highest BCUT2D eigenvalue weighted by Gasteiger charge is 2.10. The van der Waals surface area contributed by atoms with E-state index in [1.165, 1.54) is 5.56 Å². The fraction of sp³-hybridized carbons (Fsp3) is 0.357. The first-order valence-electron chi connectivity index (χ1n) is 5.87. The van der Waals surface area contributed by atoms with Crippen molar-refractivity contribution in [1.29, 1.82) is 0 Å². The van der Waals surface area contributed by atoms with Crippen molar-refractivity contribution in [2.45, 2.75) is 32.9 Å². The molecular formula is C14H19N3. The van der Waals surface area contributed by atoms with Gasteiger partial charge in [0, 0.05) is 11.7 Å². The largest absolute Gasteiger partial charge is 0.378 e. The molecule has 1 heterocycles. The number of aromatic nitrogens is 2. The summed E-state index contributed by atoms with van der Waals surface area (Å²) in [6.07, 6.45) is 3.91. The van der Waals surface area contributed by atoms with Gasteiger partial charge in [-0.2, -0.15) is 5.10 Å². The highest BCUT2D eigenvalue weighted by molar-refractivity contribution is 5.40. The molecule has 3 heteroatoms. The molecule has 1 aromatic carbocycles. The van der Waals surface area contributed by atoms with Crippen molar-refractivity contribution in [3.8, 4) is 0 Å². The molecule has 0 amide bonds. The maximum absolute atomic E-state index is 4.35. The zero-order valence-corrected chi connectivity index (χ0v) is 10.6. The molecule has 3 nitrogen and oxygen atoms in total. The Morgan fingerprint density at radius 2 is 1.88 bits per heavy atom. The summed E-state index contributed by atoms with van der Waals surface area (Å²) < 4.78 is 1.95. The van der Waals surface area contributed by atoms with Crippen LogP contribution in [-0.4, -0.2) is 15.3 Å². The van der Waals surface area contributed by atoms with Gasteiger partial charge < -0.3 is 5.32 Å². The number of anilines is 1. The maximum atomic E-state index is 4.35. The monoisotopic (exact) mass is 229 g/mol. The van der Waals surface area contributed by atoms with Crippen LogP contribution in [0.25, 0.3) is 0 Å². The standard InChI is InChI=1S/C14H19N3/c1-14(2,3)16-13-9-15-17(11-13)10-12-7-5-4-6-8-12/h4-9,11,16H,10H2,1-3H3. The van der Waals surface area contributed by atoms with E-state index in [9.17, 15) is 0 Å². The van der Waals surface area contributed by atoms with Gasteiger partial charge in [-0.3, -0.25) is 4.68 Å². The average molecular weight is 229 g/mol. The molecule has 0 aliphatic carbocycles. The average Bonchev–Trinajstić information content (AvgIpc) is 2.64. The first-order valence-corrected chi connectivity index (χ1v) is 5.87. The van der Waals surface area contributed by atoms with Crippen molar-refractivity contribution < 1.29 is 0 Å². The first-order chi connectivity index (χ1) is 8.03. The highest BCUT2D eigenvalue weighted by Crippen LogP contribution is 2.13. The van der Waals surface area contributed by atoms with E-state index in [0.717, 1.165) is 12.2 Å². The second kappa shape index (κ2) is 4.62. The van der Waals surface area contributed by atoms with Gasteiger partial charge in [-0.15, -0.1) is 0 Å². The van der Waals surface area contributed by atoms with Crippen LogP contribution in [0.2, 0.25) is 0 Å². The highest BCUT2D eigenvalue weighted by atomic mass is 15.3. The predicted octanol–water partition coefficient (Wildman–Crippen LogP) is 3.14. The van der Waals surface area contributed by atoms with Crippen molar-refractivity contribution in [1.82, 2.24) is 9.78 Å². The van der Waals surface area contributed by atoms with E-state index in [0.29, 0.717) is 0 Å². The molecule has 0 fully saturated rings. The van der Waals surface area contributed by atoms with Gasteiger partial charge in [0.1, 0.15) is 0 Å². The fourth-order valence-electron chi connectivity index (χ4n) is 1.72. The third-order valence-corrected chi connectivity index (χ3v) is 2.34. The van der Waals surface area contributed by atoms with Crippen LogP contribution in [0.4, 0.5) is 5.69 Å². The lowest BCUT2D eigenvalue weighted by Crippen LogP contribution is -2.25. The molecule has 0 saturated heterocycles. The number of nitrogens with one attached hydrogen (secondary N) is 1. The topological polar surface area (TPSA) is 29.9 Å². The van der Waals surface area contributed by atoms with Crippen LogP contribution >= 0.6 is 0 Å². The molecule has 0 spiro atoms. The minimum absolute atomic E-state index is 0.0700. The van der Waals surface area contributed by atoms with Crippen molar-refractivity contribution in [3.63, 3.8) is 0 Å². The van der Waals surface area contributed by atoms with E-state index in [1.54, 1.807) is 0 Å². The van der Waals surface area contributed by atoms with E-state index in [-0.39, 0.29) is 5.54 Å². The van der Waals surface area contributed by atoms with Crippen molar-refractivity contribution in [2.24, 2.45) is 0 Å². The lowest BCUT2D eigenvalue weighted by atomic mass is 10.1. The number of benzene rings is 1. The molecule has 0 radical (unpaired) electrons. The summed E-state index contributed by atoms with van der Waals surface area (Å²) in [4.78, 5) is 0. The summed E-state index contributed by atoms with van der Waals surface area (Å²) in [6.45, 7) is 7.23. The molecular weight excluding hydrogens is 210 g/mol. The molecule has 0 unspecified atom stereocenters. The molecule has 0 bridgehead atoms. The summed E-state index contributed by atoms with van der Waals surface area (Å²) in [7, 11) is 0. The number of rotatable bonds is 3. The van der Waals surface area contributed by atoms with Crippen LogP contribution in [-0.2, 0) is 6.54 Å². The van der Waals surface area contributed by atoms with Gasteiger partial charge in [-0.05, 0) is 26.3 Å². The van der Waals surface area contributed by atoms with Gasteiger partial charge in [0.15, 0.2) is 0 Å². The second-order valence-electron chi connectivity index (χ2n) is 5.29. The van der Waals surface area contributed by atoms with Gasteiger partial charge in [-0.1, -0.05) is 30.3 Å². The van der Waals surface area contributed by atoms with Crippen molar-refractivity contribution in [3.05, 3.63) is 48.3 Å². The summed E-state index contributed by atoms with van der Waals surface area (Å²) in [6, 6.07) is 10.3. The maximum Gasteiger partial charge on any atom is 0.0730 e. The third-order valence-electron chi connectivity index (χ3n) is 2.34. The zero-order chi connectivity index (χ0) is 12.3. The Bertz CT molecular complexity index is 466. The van der Waals surface area contributed by atoms with Gasteiger partial charge in [-0.25, -0.2) is 0 Å². The SMILES string of the molecule is CC(C)(C)Nc1cnn(Cc2ccccc2)c1. The lowest BCUT2D eigenvalue weighted by Gasteiger charge is -2.20. The Hall–Kier alpha value is -1.77. The molecule has 1 aromatic heterocycles. The molecule has 17 heavy (non-hydrogen) atoms. The quantitative estimate of drug-likeness (QED) is 0.876. The molecule has 1 N–H and O–H groups in total. The summed E-state index contributed by atoms with van der Waals surface area (Å²) in [5.41, 5.74) is 2.40. The lowest BCUT2D eigenvalue weighted by molar-refractivity contribution is 0.633. The van der Waals surface area contributed by atoms with Gasteiger partial charge in [0.2, 0.25) is 0 Å². The third kappa shape index (κ3) is 3.63. The smallest absolute Gasteiger partial charge is 0.0730 e. The van der Waals surface area contributed by atoms with Crippen LogP contribution in [0.3, 0.4) is 0 Å². The molecule has 0 saturated carbocycles.